The van der Waals surface area contributed by atoms with Crippen molar-refractivity contribution in [3.63, 3.8) is 0 Å². The van der Waals surface area contributed by atoms with Gasteiger partial charge in [0.2, 0.25) is 0 Å². The third-order valence-corrected chi connectivity index (χ3v) is 4.20. The number of halogens is 1. The molecule has 0 fully saturated rings. The smallest absolute Gasteiger partial charge is 0.255 e. The fourth-order valence-corrected chi connectivity index (χ4v) is 2.96. The van der Waals surface area contributed by atoms with E-state index in [4.69, 9.17) is 0 Å². The molecule has 21 heavy (non-hydrogen) atoms. The van der Waals surface area contributed by atoms with E-state index in [0.29, 0.717) is 5.56 Å². The first kappa shape index (κ1) is 14.0. The van der Waals surface area contributed by atoms with Crippen LogP contribution in [0.5, 0.6) is 0 Å². The van der Waals surface area contributed by atoms with E-state index in [1.165, 1.54) is 0 Å². The molecule has 1 amide bonds. The van der Waals surface area contributed by atoms with E-state index in [-0.39, 0.29) is 5.91 Å². The van der Waals surface area contributed by atoms with Crippen LogP contribution in [-0.2, 0) is 0 Å². The zero-order chi connectivity index (χ0) is 14.7. The summed E-state index contributed by atoms with van der Waals surface area (Å²) in [7, 11) is 0. The second-order valence-electron chi connectivity index (χ2n) is 4.38. The molecule has 0 radical (unpaired) electrons. The predicted molar refractivity (Wildman–Crippen MR) is 89.6 cm³/mol. The first-order valence-corrected chi connectivity index (χ1v) is 7.96. The molecule has 0 bridgehead atoms. The van der Waals surface area contributed by atoms with Crippen LogP contribution < -0.4 is 5.32 Å². The highest BCUT2D eigenvalue weighted by molar-refractivity contribution is 9.10. The molecule has 0 aliphatic carbocycles. The Labute approximate surface area is 134 Å². The lowest BCUT2D eigenvalue weighted by molar-refractivity contribution is 0.102. The van der Waals surface area contributed by atoms with Crippen LogP contribution >= 0.6 is 27.3 Å². The van der Waals surface area contributed by atoms with E-state index in [1.807, 2.05) is 41.8 Å². The van der Waals surface area contributed by atoms with Gasteiger partial charge in [-0.15, -0.1) is 11.3 Å². The van der Waals surface area contributed by atoms with Gasteiger partial charge in [0.15, 0.2) is 0 Å². The third-order valence-electron chi connectivity index (χ3n) is 2.89. The summed E-state index contributed by atoms with van der Waals surface area (Å²) in [6.45, 7) is 0. The van der Waals surface area contributed by atoms with E-state index >= 15 is 0 Å². The summed E-state index contributed by atoms with van der Waals surface area (Å²) in [6.07, 6.45) is 1.77. The van der Waals surface area contributed by atoms with Crippen LogP contribution in [0.3, 0.4) is 0 Å². The van der Waals surface area contributed by atoms with E-state index in [2.05, 4.69) is 26.2 Å². The summed E-state index contributed by atoms with van der Waals surface area (Å²) < 4.78 is 0.881. The minimum Gasteiger partial charge on any atom is -0.322 e. The molecule has 3 aromatic rings. The largest absolute Gasteiger partial charge is 0.322 e. The first-order chi connectivity index (χ1) is 10.2. The second kappa shape index (κ2) is 6.20. The Bertz CT molecular complexity index is 771. The number of hydrogen-bond acceptors (Lipinski definition) is 3. The number of aromatic nitrogens is 1. The van der Waals surface area contributed by atoms with Crippen LogP contribution in [0.15, 0.2) is 64.6 Å². The number of nitrogens with one attached hydrogen (secondary N) is 1. The molecule has 5 heteroatoms. The van der Waals surface area contributed by atoms with Crippen LogP contribution in [-0.4, -0.2) is 10.9 Å². The zero-order valence-electron chi connectivity index (χ0n) is 10.9. The maximum Gasteiger partial charge on any atom is 0.255 e. The van der Waals surface area contributed by atoms with Gasteiger partial charge in [-0.1, -0.05) is 34.1 Å². The lowest BCUT2D eigenvalue weighted by Crippen LogP contribution is -2.11. The van der Waals surface area contributed by atoms with Crippen molar-refractivity contribution in [1.82, 2.24) is 4.98 Å². The highest BCUT2D eigenvalue weighted by Gasteiger charge is 2.07. The number of anilines is 1. The molecule has 0 saturated heterocycles. The summed E-state index contributed by atoms with van der Waals surface area (Å²) in [4.78, 5) is 16.5. The van der Waals surface area contributed by atoms with Gasteiger partial charge in [0.05, 0.1) is 0 Å². The van der Waals surface area contributed by atoms with Crippen LogP contribution in [0.25, 0.3) is 10.6 Å². The lowest BCUT2D eigenvalue weighted by Gasteiger charge is -2.07. The summed E-state index contributed by atoms with van der Waals surface area (Å²) in [6, 6.07) is 15.0. The predicted octanol–water partition coefficient (Wildman–Crippen LogP) is 4.82. The zero-order valence-corrected chi connectivity index (χ0v) is 13.3. The molecule has 0 unspecified atom stereocenters. The van der Waals surface area contributed by atoms with Crippen molar-refractivity contribution >= 4 is 38.9 Å². The first-order valence-electron chi connectivity index (χ1n) is 6.29. The Kier molecular flexibility index (Phi) is 4.13. The fraction of sp³-hybridized carbons (Fsp3) is 0. The van der Waals surface area contributed by atoms with Crippen LogP contribution in [0.1, 0.15) is 10.4 Å². The van der Waals surface area contributed by atoms with Gasteiger partial charge >= 0.3 is 0 Å². The molecular formula is C16H11BrN2OS. The van der Waals surface area contributed by atoms with Crippen molar-refractivity contribution in [3.05, 3.63) is 70.1 Å². The highest BCUT2D eigenvalue weighted by Crippen LogP contribution is 2.24. The summed E-state index contributed by atoms with van der Waals surface area (Å²) in [5, 5.41) is 5.78. The molecule has 1 aromatic heterocycles. The molecule has 3 nitrogen and oxygen atoms in total. The molecule has 3 rings (SSSR count). The third kappa shape index (κ3) is 3.37. The quantitative estimate of drug-likeness (QED) is 0.728. The Balaban J connectivity index is 1.82. The molecule has 0 aliphatic rings. The van der Waals surface area contributed by atoms with Gasteiger partial charge in [0, 0.05) is 32.9 Å². The molecule has 0 spiro atoms. The minimum absolute atomic E-state index is 0.132. The van der Waals surface area contributed by atoms with E-state index in [9.17, 15) is 4.79 Å². The summed E-state index contributed by atoms with van der Waals surface area (Å²) >= 11 is 4.94. The van der Waals surface area contributed by atoms with Gasteiger partial charge in [0.25, 0.3) is 5.91 Å². The summed E-state index contributed by atoms with van der Waals surface area (Å²) in [5.74, 6) is -0.132. The Morgan fingerprint density at radius 3 is 2.76 bits per heavy atom. The van der Waals surface area contributed by atoms with Gasteiger partial charge in [-0.3, -0.25) is 4.79 Å². The van der Waals surface area contributed by atoms with Crippen molar-refractivity contribution in [2.75, 3.05) is 5.32 Å². The number of thiazole rings is 1. The van der Waals surface area contributed by atoms with Gasteiger partial charge in [-0.25, -0.2) is 4.98 Å². The fourth-order valence-electron chi connectivity index (χ4n) is 1.93. The van der Waals surface area contributed by atoms with Crippen molar-refractivity contribution in [2.45, 2.75) is 0 Å². The van der Waals surface area contributed by atoms with Crippen LogP contribution in [0, 0.1) is 0 Å². The average molecular weight is 359 g/mol. The number of amides is 1. The number of nitrogens with zero attached hydrogens (tertiary/aromatic N) is 1. The number of carbonyl (C=O) groups is 1. The molecule has 0 atom stereocenters. The SMILES string of the molecule is O=C(Nc1cccc(-c2nccs2)c1)c1cccc(Br)c1. The van der Waals surface area contributed by atoms with E-state index in [1.54, 1.807) is 29.7 Å². The van der Waals surface area contributed by atoms with E-state index < -0.39 is 0 Å². The normalized spacial score (nSPS) is 10.3. The number of rotatable bonds is 3. The highest BCUT2D eigenvalue weighted by atomic mass is 79.9. The van der Waals surface area contributed by atoms with Gasteiger partial charge in [-0.2, -0.15) is 0 Å². The molecule has 1 heterocycles. The lowest BCUT2D eigenvalue weighted by atomic mass is 10.2. The minimum atomic E-state index is -0.132. The van der Waals surface area contributed by atoms with Crippen LogP contribution in [0.2, 0.25) is 0 Å². The van der Waals surface area contributed by atoms with Crippen LogP contribution in [0.4, 0.5) is 5.69 Å². The average Bonchev–Trinajstić information content (AvgIpc) is 3.02. The standard InChI is InChI=1S/C16H11BrN2OS/c17-13-5-1-3-11(9-13)15(20)19-14-6-2-4-12(10-14)16-18-7-8-21-16/h1-10H,(H,19,20). The molecule has 1 N–H and O–H groups in total. The topological polar surface area (TPSA) is 42.0 Å². The summed E-state index contributed by atoms with van der Waals surface area (Å²) in [5.41, 5.74) is 2.37. The van der Waals surface area contributed by atoms with Gasteiger partial charge < -0.3 is 5.32 Å². The van der Waals surface area contributed by atoms with Gasteiger partial charge in [-0.05, 0) is 30.3 Å². The molecule has 0 aliphatic heterocycles. The number of hydrogen-bond donors (Lipinski definition) is 1. The Hall–Kier alpha value is -1.98. The van der Waals surface area contributed by atoms with E-state index in [0.717, 1.165) is 20.7 Å². The number of carbonyl (C=O) groups excluding carboxylic acids is 1. The maximum absolute atomic E-state index is 12.2. The second-order valence-corrected chi connectivity index (χ2v) is 6.19. The maximum atomic E-state index is 12.2. The molecule has 104 valence electrons. The van der Waals surface area contributed by atoms with Crippen molar-refractivity contribution < 1.29 is 4.79 Å². The number of benzene rings is 2. The van der Waals surface area contributed by atoms with Crippen molar-refractivity contribution in [3.8, 4) is 10.6 Å². The van der Waals surface area contributed by atoms with Gasteiger partial charge in [0.1, 0.15) is 5.01 Å². The Morgan fingerprint density at radius 2 is 2.00 bits per heavy atom. The molecular weight excluding hydrogens is 348 g/mol. The van der Waals surface area contributed by atoms with Crippen molar-refractivity contribution in [1.29, 1.82) is 0 Å². The monoisotopic (exact) mass is 358 g/mol. The molecule has 0 saturated carbocycles. The van der Waals surface area contributed by atoms with Crippen molar-refractivity contribution in [2.24, 2.45) is 0 Å². The molecule has 2 aromatic carbocycles. The Morgan fingerprint density at radius 1 is 1.14 bits per heavy atom.